The highest BCUT2D eigenvalue weighted by atomic mass is 19.1. The number of halogens is 1. The smallest absolute Gasteiger partial charge is 0.408 e. The van der Waals surface area contributed by atoms with Gasteiger partial charge in [0.05, 0.1) is 5.52 Å². The Balaban J connectivity index is 0.000000531. The van der Waals surface area contributed by atoms with Crippen LogP contribution >= 0.6 is 0 Å². The third kappa shape index (κ3) is 1.93. The Bertz CT molecular complexity index is 525. The second-order valence-electron chi connectivity index (χ2n) is 3.00. The molecular weight excluding hydrogens is 197 g/mol. The van der Waals surface area contributed by atoms with Crippen LogP contribution in [0.25, 0.3) is 11.1 Å². The van der Waals surface area contributed by atoms with Crippen LogP contribution in [0.4, 0.5) is 4.39 Å². The SMILES string of the molecule is CC.Cc1cc2c(cc1F)oc(=O)n2C. The zero-order valence-electron chi connectivity index (χ0n) is 9.30. The average molecular weight is 211 g/mol. The maximum Gasteiger partial charge on any atom is 0.419 e. The van der Waals surface area contributed by atoms with Gasteiger partial charge < -0.3 is 4.42 Å². The molecule has 82 valence electrons. The molecule has 15 heavy (non-hydrogen) atoms. The zero-order valence-corrected chi connectivity index (χ0v) is 9.30. The minimum absolute atomic E-state index is 0.288. The lowest BCUT2D eigenvalue weighted by molar-refractivity contribution is 0.525. The monoisotopic (exact) mass is 211 g/mol. The van der Waals surface area contributed by atoms with Crippen molar-refractivity contribution in [2.45, 2.75) is 20.8 Å². The molecule has 0 bridgehead atoms. The van der Waals surface area contributed by atoms with Gasteiger partial charge in [-0.05, 0) is 18.6 Å². The van der Waals surface area contributed by atoms with E-state index in [1.165, 1.54) is 10.6 Å². The molecule has 4 heteroatoms. The summed E-state index contributed by atoms with van der Waals surface area (Å²) in [7, 11) is 1.59. The summed E-state index contributed by atoms with van der Waals surface area (Å²) in [5.74, 6) is -0.832. The van der Waals surface area contributed by atoms with Crippen molar-refractivity contribution < 1.29 is 8.81 Å². The fourth-order valence-corrected chi connectivity index (χ4v) is 1.25. The Hall–Kier alpha value is -1.58. The number of aryl methyl sites for hydroxylation is 2. The van der Waals surface area contributed by atoms with Crippen molar-refractivity contribution >= 4 is 11.1 Å². The van der Waals surface area contributed by atoms with Gasteiger partial charge in [0.2, 0.25) is 0 Å². The quantitative estimate of drug-likeness (QED) is 0.671. The minimum atomic E-state index is -0.472. The van der Waals surface area contributed by atoms with Gasteiger partial charge in [0, 0.05) is 13.1 Å². The Morgan fingerprint density at radius 1 is 1.33 bits per heavy atom. The highest BCUT2D eigenvalue weighted by Crippen LogP contribution is 2.16. The van der Waals surface area contributed by atoms with Crippen LogP contribution in [0.3, 0.4) is 0 Å². The average Bonchev–Trinajstić information content (AvgIpc) is 2.49. The summed E-state index contributed by atoms with van der Waals surface area (Å²) in [6.07, 6.45) is 0. The maximum absolute atomic E-state index is 13.0. The van der Waals surface area contributed by atoms with Crippen molar-refractivity contribution in [1.82, 2.24) is 4.57 Å². The first-order valence-corrected chi connectivity index (χ1v) is 4.85. The maximum atomic E-state index is 13.0. The number of hydrogen-bond acceptors (Lipinski definition) is 2. The van der Waals surface area contributed by atoms with Crippen LogP contribution in [-0.4, -0.2) is 4.57 Å². The van der Waals surface area contributed by atoms with Crippen molar-refractivity contribution in [1.29, 1.82) is 0 Å². The third-order valence-corrected chi connectivity index (χ3v) is 2.07. The molecule has 0 saturated carbocycles. The Kier molecular flexibility index (Phi) is 3.29. The number of benzene rings is 1. The molecule has 0 aliphatic rings. The molecule has 0 radical (unpaired) electrons. The van der Waals surface area contributed by atoms with Crippen molar-refractivity contribution in [3.8, 4) is 0 Å². The standard InChI is InChI=1S/C9H8FNO2.C2H6/c1-5-3-7-8(4-6(5)10)13-9(12)11(7)2;1-2/h3-4H,1-2H3;1-2H3. The summed E-state index contributed by atoms with van der Waals surface area (Å²) in [6, 6.07) is 2.82. The van der Waals surface area contributed by atoms with Gasteiger partial charge in [-0.3, -0.25) is 4.57 Å². The number of aromatic nitrogens is 1. The molecule has 0 fully saturated rings. The number of nitrogens with zero attached hydrogens (tertiary/aromatic N) is 1. The Morgan fingerprint density at radius 2 is 1.93 bits per heavy atom. The summed E-state index contributed by atoms with van der Waals surface area (Å²) in [4.78, 5) is 11.0. The second-order valence-corrected chi connectivity index (χ2v) is 3.00. The molecule has 0 aliphatic heterocycles. The summed E-state index contributed by atoms with van der Waals surface area (Å²) in [5, 5.41) is 0. The van der Waals surface area contributed by atoms with Crippen LogP contribution in [0.5, 0.6) is 0 Å². The summed E-state index contributed by atoms with van der Waals surface area (Å²) < 4.78 is 19.2. The number of rotatable bonds is 0. The molecule has 1 aromatic carbocycles. The fourth-order valence-electron chi connectivity index (χ4n) is 1.25. The van der Waals surface area contributed by atoms with Gasteiger partial charge in [0.1, 0.15) is 5.82 Å². The predicted octanol–water partition coefficient (Wildman–Crippen LogP) is 2.61. The molecule has 0 N–H and O–H groups in total. The minimum Gasteiger partial charge on any atom is -0.408 e. The number of fused-ring (bicyclic) bond motifs is 1. The van der Waals surface area contributed by atoms with E-state index in [1.807, 2.05) is 13.8 Å². The normalized spacial score (nSPS) is 9.93. The van der Waals surface area contributed by atoms with Gasteiger partial charge in [-0.25, -0.2) is 9.18 Å². The van der Waals surface area contributed by atoms with E-state index in [9.17, 15) is 9.18 Å². The first kappa shape index (κ1) is 11.5. The molecule has 1 aromatic heterocycles. The van der Waals surface area contributed by atoms with Crippen molar-refractivity contribution in [3.63, 3.8) is 0 Å². The molecule has 0 unspecified atom stereocenters. The van der Waals surface area contributed by atoms with Gasteiger partial charge in [0.25, 0.3) is 0 Å². The van der Waals surface area contributed by atoms with E-state index in [4.69, 9.17) is 4.42 Å². The van der Waals surface area contributed by atoms with Gasteiger partial charge >= 0.3 is 5.76 Å². The Labute approximate surface area is 87.1 Å². The number of oxazole rings is 1. The second kappa shape index (κ2) is 4.29. The Morgan fingerprint density at radius 3 is 2.53 bits per heavy atom. The van der Waals surface area contributed by atoms with Gasteiger partial charge in [0.15, 0.2) is 5.58 Å². The zero-order chi connectivity index (χ0) is 11.6. The summed E-state index contributed by atoms with van der Waals surface area (Å²) >= 11 is 0. The van der Waals surface area contributed by atoms with Crippen molar-refractivity contribution in [3.05, 3.63) is 34.1 Å². The lowest BCUT2D eigenvalue weighted by Gasteiger charge is -1.95. The topological polar surface area (TPSA) is 35.1 Å². The van der Waals surface area contributed by atoms with Crippen LogP contribution in [0.2, 0.25) is 0 Å². The van der Waals surface area contributed by atoms with Crippen LogP contribution in [0, 0.1) is 12.7 Å². The van der Waals surface area contributed by atoms with E-state index in [-0.39, 0.29) is 11.4 Å². The van der Waals surface area contributed by atoms with Crippen LogP contribution in [0.1, 0.15) is 19.4 Å². The molecule has 3 nitrogen and oxygen atoms in total. The van der Waals surface area contributed by atoms with Crippen LogP contribution < -0.4 is 5.76 Å². The van der Waals surface area contributed by atoms with Gasteiger partial charge in [-0.2, -0.15) is 0 Å². The highest BCUT2D eigenvalue weighted by Gasteiger charge is 2.08. The molecular formula is C11H14FNO2. The lowest BCUT2D eigenvalue weighted by atomic mass is 10.2. The van der Waals surface area contributed by atoms with Crippen molar-refractivity contribution in [2.75, 3.05) is 0 Å². The molecule has 0 amide bonds. The van der Waals surface area contributed by atoms with E-state index in [0.29, 0.717) is 11.1 Å². The van der Waals surface area contributed by atoms with E-state index >= 15 is 0 Å². The van der Waals surface area contributed by atoms with E-state index in [1.54, 1.807) is 20.0 Å². The summed E-state index contributed by atoms with van der Waals surface area (Å²) in [6.45, 7) is 5.65. The largest absolute Gasteiger partial charge is 0.419 e. The van der Waals surface area contributed by atoms with Gasteiger partial charge in [-0.15, -0.1) is 0 Å². The molecule has 0 atom stereocenters. The van der Waals surface area contributed by atoms with Crippen LogP contribution in [0.15, 0.2) is 21.3 Å². The van der Waals surface area contributed by atoms with E-state index < -0.39 is 5.76 Å². The molecule has 0 saturated heterocycles. The molecule has 0 spiro atoms. The van der Waals surface area contributed by atoms with Crippen LogP contribution in [-0.2, 0) is 7.05 Å². The lowest BCUT2D eigenvalue weighted by Crippen LogP contribution is -2.08. The highest BCUT2D eigenvalue weighted by molar-refractivity contribution is 5.73. The van der Waals surface area contributed by atoms with Crippen molar-refractivity contribution in [2.24, 2.45) is 7.05 Å². The molecule has 2 aromatic rings. The predicted molar refractivity (Wildman–Crippen MR) is 57.5 cm³/mol. The first-order chi connectivity index (χ1) is 7.09. The first-order valence-electron chi connectivity index (χ1n) is 4.85. The fraction of sp³-hybridized carbons (Fsp3) is 0.364. The molecule has 0 aliphatic carbocycles. The number of hydrogen-bond donors (Lipinski definition) is 0. The van der Waals surface area contributed by atoms with E-state index in [2.05, 4.69) is 0 Å². The molecule has 2 rings (SSSR count). The summed E-state index contributed by atoms with van der Waals surface area (Å²) in [5.41, 5.74) is 1.41. The van der Waals surface area contributed by atoms with Gasteiger partial charge in [-0.1, -0.05) is 13.8 Å². The third-order valence-electron chi connectivity index (χ3n) is 2.07. The molecule has 1 heterocycles. The van der Waals surface area contributed by atoms with E-state index in [0.717, 1.165) is 0 Å².